The summed E-state index contributed by atoms with van der Waals surface area (Å²) in [6, 6.07) is 11.3. The summed E-state index contributed by atoms with van der Waals surface area (Å²) < 4.78 is 29.3. The first-order valence-electron chi connectivity index (χ1n) is 10.6. The molecule has 0 aliphatic carbocycles. The van der Waals surface area contributed by atoms with Crippen molar-refractivity contribution < 1.29 is 8.42 Å². The van der Waals surface area contributed by atoms with E-state index < -0.39 is 10.0 Å². The van der Waals surface area contributed by atoms with E-state index in [1.807, 2.05) is 45.4 Å². The van der Waals surface area contributed by atoms with Gasteiger partial charge >= 0.3 is 0 Å². The standard InChI is InChI=1S/C22H33N5O2S/c1-4-23-22(26(3)18-20-9-8-14-25(20)2)24-17-19-10-12-21(13-11-19)30(28,29)27-15-6-5-7-16-27/h8-14H,4-7,15-18H2,1-3H3,(H,23,24). The fraction of sp³-hybridized carbons (Fsp3) is 0.500. The van der Waals surface area contributed by atoms with Gasteiger partial charge in [-0.3, -0.25) is 0 Å². The van der Waals surface area contributed by atoms with E-state index in [0.717, 1.165) is 43.9 Å². The molecule has 0 atom stereocenters. The van der Waals surface area contributed by atoms with Gasteiger partial charge in [0.1, 0.15) is 0 Å². The largest absolute Gasteiger partial charge is 0.357 e. The third-order valence-electron chi connectivity index (χ3n) is 5.43. The predicted octanol–water partition coefficient (Wildman–Crippen LogP) is 2.80. The second-order valence-electron chi connectivity index (χ2n) is 7.75. The van der Waals surface area contributed by atoms with Gasteiger partial charge in [-0.2, -0.15) is 4.31 Å². The number of guanidine groups is 1. The molecule has 0 radical (unpaired) electrons. The minimum Gasteiger partial charge on any atom is -0.357 e. The van der Waals surface area contributed by atoms with Crippen LogP contribution in [0, 0.1) is 0 Å². The molecule has 1 saturated heterocycles. The molecule has 1 N–H and O–H groups in total. The molecular weight excluding hydrogens is 398 g/mol. The number of sulfonamides is 1. The summed E-state index contributed by atoms with van der Waals surface area (Å²) in [7, 11) is 0.660. The first-order chi connectivity index (χ1) is 14.4. The topological polar surface area (TPSA) is 69.9 Å². The number of aryl methyl sites for hydroxylation is 1. The van der Waals surface area contributed by atoms with Crippen molar-refractivity contribution in [2.24, 2.45) is 12.0 Å². The van der Waals surface area contributed by atoms with Gasteiger partial charge in [0.25, 0.3) is 0 Å². The number of piperidine rings is 1. The smallest absolute Gasteiger partial charge is 0.243 e. The highest BCUT2D eigenvalue weighted by molar-refractivity contribution is 7.89. The fourth-order valence-corrected chi connectivity index (χ4v) is 5.15. The van der Waals surface area contributed by atoms with Gasteiger partial charge in [0.05, 0.1) is 18.0 Å². The lowest BCUT2D eigenvalue weighted by Crippen LogP contribution is -2.38. The maximum atomic E-state index is 12.8. The average Bonchev–Trinajstić information content (AvgIpc) is 3.16. The Morgan fingerprint density at radius 1 is 1.13 bits per heavy atom. The lowest BCUT2D eigenvalue weighted by molar-refractivity contribution is 0.346. The average molecular weight is 432 g/mol. The molecule has 1 aliphatic heterocycles. The van der Waals surface area contributed by atoms with Crippen LogP contribution in [0.5, 0.6) is 0 Å². The number of benzene rings is 1. The highest BCUT2D eigenvalue weighted by Gasteiger charge is 2.25. The molecule has 3 rings (SSSR count). The summed E-state index contributed by atoms with van der Waals surface area (Å²) in [5, 5.41) is 3.33. The molecule has 1 aromatic carbocycles. The van der Waals surface area contributed by atoms with E-state index in [0.29, 0.717) is 24.5 Å². The van der Waals surface area contributed by atoms with Gasteiger partial charge < -0.3 is 14.8 Å². The molecule has 0 saturated carbocycles. The van der Waals surface area contributed by atoms with Gasteiger partial charge in [-0.05, 0) is 49.6 Å². The lowest BCUT2D eigenvalue weighted by Gasteiger charge is -2.25. The van der Waals surface area contributed by atoms with Crippen LogP contribution in [0.1, 0.15) is 37.4 Å². The zero-order chi connectivity index (χ0) is 21.6. The van der Waals surface area contributed by atoms with E-state index in [-0.39, 0.29) is 0 Å². The van der Waals surface area contributed by atoms with Gasteiger partial charge in [-0.25, -0.2) is 13.4 Å². The normalized spacial score (nSPS) is 15.9. The van der Waals surface area contributed by atoms with E-state index in [4.69, 9.17) is 4.99 Å². The molecule has 0 unspecified atom stereocenters. The molecule has 1 fully saturated rings. The third-order valence-corrected chi connectivity index (χ3v) is 7.35. The summed E-state index contributed by atoms with van der Waals surface area (Å²) in [5.41, 5.74) is 2.19. The van der Waals surface area contributed by atoms with E-state index >= 15 is 0 Å². The van der Waals surface area contributed by atoms with Gasteiger partial charge in [0.2, 0.25) is 10.0 Å². The number of hydrogen-bond donors (Lipinski definition) is 1. The summed E-state index contributed by atoms with van der Waals surface area (Å²) in [6.07, 6.45) is 5.02. The van der Waals surface area contributed by atoms with Crippen molar-refractivity contribution in [3.63, 3.8) is 0 Å². The molecule has 30 heavy (non-hydrogen) atoms. The number of aromatic nitrogens is 1. The molecule has 1 aromatic heterocycles. The van der Waals surface area contributed by atoms with Gasteiger partial charge in [0.15, 0.2) is 5.96 Å². The number of nitrogens with zero attached hydrogens (tertiary/aromatic N) is 4. The minimum absolute atomic E-state index is 0.366. The molecule has 2 heterocycles. The summed E-state index contributed by atoms with van der Waals surface area (Å²) in [5.74, 6) is 0.823. The van der Waals surface area contributed by atoms with Crippen LogP contribution in [0.4, 0.5) is 0 Å². The van der Waals surface area contributed by atoms with Crippen molar-refractivity contribution >= 4 is 16.0 Å². The molecule has 2 aromatic rings. The molecule has 0 spiro atoms. The van der Waals surface area contributed by atoms with Crippen molar-refractivity contribution in [2.45, 2.75) is 44.2 Å². The lowest BCUT2D eigenvalue weighted by atomic mass is 10.2. The molecule has 0 amide bonds. The number of rotatable bonds is 7. The molecular formula is C22H33N5O2S. The van der Waals surface area contributed by atoms with E-state index in [1.54, 1.807) is 16.4 Å². The summed E-state index contributed by atoms with van der Waals surface area (Å²) in [6.45, 7) is 5.31. The van der Waals surface area contributed by atoms with Crippen LogP contribution >= 0.6 is 0 Å². The Kier molecular flexibility index (Phi) is 7.55. The highest BCUT2D eigenvalue weighted by Crippen LogP contribution is 2.21. The molecule has 0 bridgehead atoms. The van der Waals surface area contributed by atoms with Gasteiger partial charge in [-0.1, -0.05) is 18.6 Å². The number of nitrogens with one attached hydrogen (secondary N) is 1. The third kappa shape index (κ3) is 5.43. The Morgan fingerprint density at radius 3 is 2.43 bits per heavy atom. The minimum atomic E-state index is -3.39. The van der Waals surface area contributed by atoms with Crippen LogP contribution in [0.25, 0.3) is 0 Å². The quantitative estimate of drug-likeness (QED) is 0.541. The maximum absolute atomic E-state index is 12.8. The predicted molar refractivity (Wildman–Crippen MR) is 121 cm³/mol. The van der Waals surface area contributed by atoms with Crippen LogP contribution in [-0.4, -0.2) is 54.8 Å². The van der Waals surface area contributed by atoms with E-state index in [9.17, 15) is 8.42 Å². The monoisotopic (exact) mass is 431 g/mol. The zero-order valence-corrected chi connectivity index (χ0v) is 19.0. The fourth-order valence-electron chi connectivity index (χ4n) is 3.64. The van der Waals surface area contributed by atoms with Crippen LogP contribution in [-0.2, 0) is 30.2 Å². The van der Waals surface area contributed by atoms with Crippen molar-refractivity contribution in [1.82, 2.24) is 19.1 Å². The van der Waals surface area contributed by atoms with Gasteiger partial charge in [-0.15, -0.1) is 0 Å². The van der Waals surface area contributed by atoms with Crippen molar-refractivity contribution in [3.05, 3.63) is 53.9 Å². The number of hydrogen-bond acceptors (Lipinski definition) is 3. The second kappa shape index (κ2) is 10.1. The zero-order valence-electron chi connectivity index (χ0n) is 18.2. The van der Waals surface area contributed by atoms with Crippen LogP contribution in [0.3, 0.4) is 0 Å². The van der Waals surface area contributed by atoms with E-state index in [2.05, 4.69) is 20.9 Å². The highest BCUT2D eigenvalue weighted by atomic mass is 32.2. The molecule has 8 heteroatoms. The first kappa shape index (κ1) is 22.4. The Morgan fingerprint density at radius 2 is 1.83 bits per heavy atom. The second-order valence-corrected chi connectivity index (χ2v) is 9.68. The van der Waals surface area contributed by atoms with E-state index in [1.165, 1.54) is 5.69 Å². The van der Waals surface area contributed by atoms with Crippen LogP contribution < -0.4 is 5.32 Å². The van der Waals surface area contributed by atoms with Crippen LogP contribution in [0.2, 0.25) is 0 Å². The Bertz CT molecular complexity index is 944. The number of aliphatic imine (C=N–C) groups is 1. The SMILES string of the molecule is CCNC(=NCc1ccc(S(=O)(=O)N2CCCCC2)cc1)N(C)Cc1cccn1C. The van der Waals surface area contributed by atoms with Crippen molar-refractivity contribution in [3.8, 4) is 0 Å². The Hall–Kier alpha value is -2.32. The summed E-state index contributed by atoms with van der Waals surface area (Å²) in [4.78, 5) is 7.19. The van der Waals surface area contributed by atoms with Crippen molar-refractivity contribution in [1.29, 1.82) is 0 Å². The summed E-state index contributed by atoms with van der Waals surface area (Å²) >= 11 is 0. The molecule has 7 nitrogen and oxygen atoms in total. The first-order valence-corrected chi connectivity index (χ1v) is 12.0. The van der Waals surface area contributed by atoms with Crippen LogP contribution in [0.15, 0.2) is 52.5 Å². The van der Waals surface area contributed by atoms with Crippen molar-refractivity contribution in [2.75, 3.05) is 26.7 Å². The van der Waals surface area contributed by atoms with Gasteiger partial charge in [0, 0.05) is 45.6 Å². The molecule has 1 aliphatic rings. The Labute approximate surface area is 180 Å². The Balaban J connectivity index is 1.67. The maximum Gasteiger partial charge on any atom is 0.243 e. The molecule has 164 valence electrons.